The first-order chi connectivity index (χ1) is 12.2. The second-order valence-corrected chi connectivity index (χ2v) is 6.39. The molecule has 1 atom stereocenters. The van der Waals surface area contributed by atoms with E-state index in [1.807, 2.05) is 0 Å². The van der Waals surface area contributed by atoms with Gasteiger partial charge in [0.15, 0.2) is 0 Å². The summed E-state index contributed by atoms with van der Waals surface area (Å²) in [4.78, 5) is 37.1. The molecule has 1 aromatic carbocycles. The second kappa shape index (κ2) is 7.67. The van der Waals surface area contributed by atoms with Gasteiger partial charge in [-0.2, -0.15) is 8.78 Å². The Balaban J connectivity index is 2.10. The average molecular weight is 369 g/mol. The highest BCUT2D eigenvalue weighted by molar-refractivity contribution is 6.08. The molecule has 142 valence electrons. The Morgan fingerprint density at radius 1 is 1.31 bits per heavy atom. The predicted octanol–water partition coefficient (Wildman–Crippen LogP) is 2.19. The van der Waals surface area contributed by atoms with E-state index in [1.54, 1.807) is 25.1 Å². The summed E-state index contributed by atoms with van der Waals surface area (Å²) in [7, 11) is 0. The van der Waals surface area contributed by atoms with Crippen LogP contribution >= 0.6 is 0 Å². The van der Waals surface area contributed by atoms with E-state index in [-0.39, 0.29) is 5.75 Å². The first-order valence-corrected chi connectivity index (χ1v) is 8.13. The zero-order valence-electron chi connectivity index (χ0n) is 14.7. The molecule has 26 heavy (non-hydrogen) atoms. The molecule has 0 aromatic heterocycles. The maximum absolute atomic E-state index is 12.6. The molecule has 1 saturated heterocycles. The lowest BCUT2D eigenvalue weighted by Crippen LogP contribution is -2.43. The van der Waals surface area contributed by atoms with E-state index in [0.29, 0.717) is 12.0 Å². The monoisotopic (exact) mass is 369 g/mol. The number of halogens is 2. The zero-order chi connectivity index (χ0) is 19.5. The number of rotatable bonds is 7. The molecule has 1 heterocycles. The van der Waals surface area contributed by atoms with Crippen LogP contribution in [-0.2, 0) is 9.59 Å². The largest absolute Gasteiger partial charge is 0.434 e. The molecule has 1 aliphatic rings. The number of carbonyl (C=O) groups is 3. The third-order valence-electron chi connectivity index (χ3n) is 4.00. The topological polar surface area (TPSA) is 87.7 Å². The van der Waals surface area contributed by atoms with Crippen LogP contribution in [0.1, 0.15) is 38.8 Å². The van der Waals surface area contributed by atoms with E-state index < -0.39 is 42.6 Å². The van der Waals surface area contributed by atoms with E-state index >= 15 is 0 Å². The van der Waals surface area contributed by atoms with Gasteiger partial charge in [-0.3, -0.25) is 14.5 Å². The lowest BCUT2D eigenvalue weighted by Gasteiger charge is -2.22. The quantitative estimate of drug-likeness (QED) is 0.721. The fourth-order valence-electron chi connectivity index (χ4n) is 2.72. The Hall–Kier alpha value is -2.71. The molecule has 2 rings (SSSR count). The van der Waals surface area contributed by atoms with Crippen LogP contribution in [-0.4, -0.2) is 41.4 Å². The molecule has 0 spiro atoms. The summed E-state index contributed by atoms with van der Waals surface area (Å²) in [5, 5.41) is 5.14. The molecule has 7 nitrogen and oxygen atoms in total. The lowest BCUT2D eigenvalue weighted by atomic mass is 10.0. The highest BCUT2D eigenvalue weighted by atomic mass is 19.3. The molecule has 0 unspecified atom stereocenters. The predicted molar refractivity (Wildman–Crippen MR) is 88.6 cm³/mol. The Bertz CT molecular complexity index is 709. The number of imide groups is 1. The number of amides is 4. The number of alkyl halides is 2. The zero-order valence-corrected chi connectivity index (χ0v) is 14.7. The van der Waals surface area contributed by atoms with Crippen molar-refractivity contribution >= 4 is 17.8 Å². The van der Waals surface area contributed by atoms with E-state index in [9.17, 15) is 23.2 Å². The van der Waals surface area contributed by atoms with Crippen molar-refractivity contribution in [3.05, 3.63) is 29.8 Å². The molecular weight excluding hydrogens is 348 g/mol. The number of ether oxygens (including phenoxy) is 1. The summed E-state index contributed by atoms with van der Waals surface area (Å²) >= 11 is 0. The van der Waals surface area contributed by atoms with E-state index in [0.717, 1.165) is 4.90 Å². The summed E-state index contributed by atoms with van der Waals surface area (Å²) in [5.41, 5.74) is -0.680. The molecule has 0 radical (unpaired) electrons. The molecule has 1 fully saturated rings. The third kappa shape index (κ3) is 4.27. The smallest absolute Gasteiger partial charge is 0.387 e. The van der Waals surface area contributed by atoms with Crippen LogP contribution < -0.4 is 15.4 Å². The van der Waals surface area contributed by atoms with Crippen molar-refractivity contribution in [3.8, 4) is 5.75 Å². The van der Waals surface area contributed by atoms with Crippen LogP contribution in [0.25, 0.3) is 0 Å². The summed E-state index contributed by atoms with van der Waals surface area (Å²) < 4.78 is 29.6. The Morgan fingerprint density at radius 2 is 1.96 bits per heavy atom. The van der Waals surface area contributed by atoms with Crippen molar-refractivity contribution in [3.63, 3.8) is 0 Å². The normalized spacial score (nSPS) is 17.2. The van der Waals surface area contributed by atoms with Gasteiger partial charge < -0.3 is 15.4 Å². The third-order valence-corrected chi connectivity index (χ3v) is 4.00. The SMILES string of the molecule is CC[C@@H](NC(=O)CN1C(=O)NC(C)(C)C1=O)c1ccccc1OC(F)F. The van der Waals surface area contributed by atoms with Gasteiger partial charge in [-0.1, -0.05) is 25.1 Å². The fraction of sp³-hybridized carbons (Fsp3) is 0.471. The highest BCUT2D eigenvalue weighted by Gasteiger charge is 2.44. The van der Waals surface area contributed by atoms with Gasteiger partial charge >= 0.3 is 12.6 Å². The van der Waals surface area contributed by atoms with Gasteiger partial charge in [0.05, 0.1) is 6.04 Å². The van der Waals surface area contributed by atoms with Crippen molar-refractivity contribution in [2.75, 3.05) is 6.54 Å². The Labute approximate surface area is 149 Å². The Morgan fingerprint density at radius 3 is 2.50 bits per heavy atom. The van der Waals surface area contributed by atoms with Crippen molar-refractivity contribution < 1.29 is 27.9 Å². The van der Waals surface area contributed by atoms with Crippen molar-refractivity contribution in [1.29, 1.82) is 0 Å². The lowest BCUT2D eigenvalue weighted by molar-refractivity contribution is -0.134. The number of nitrogens with one attached hydrogen (secondary N) is 2. The van der Waals surface area contributed by atoms with Crippen LogP contribution in [0.3, 0.4) is 0 Å². The molecule has 0 aliphatic carbocycles. The summed E-state index contributed by atoms with van der Waals surface area (Å²) in [6.45, 7) is 1.40. The van der Waals surface area contributed by atoms with Crippen LogP contribution in [0.5, 0.6) is 5.75 Å². The summed E-state index contributed by atoms with van der Waals surface area (Å²) in [6.07, 6.45) is 0.404. The number of carbonyl (C=O) groups excluding carboxylic acids is 3. The highest BCUT2D eigenvalue weighted by Crippen LogP contribution is 2.28. The average Bonchev–Trinajstić information content (AvgIpc) is 2.74. The first-order valence-electron chi connectivity index (χ1n) is 8.13. The van der Waals surface area contributed by atoms with Crippen molar-refractivity contribution in [2.24, 2.45) is 0 Å². The van der Waals surface area contributed by atoms with Crippen LogP contribution in [0.4, 0.5) is 13.6 Å². The molecule has 9 heteroatoms. The Kier molecular flexibility index (Phi) is 5.79. The molecule has 1 aliphatic heterocycles. The number of hydrogen-bond acceptors (Lipinski definition) is 4. The molecular formula is C17H21F2N3O4. The molecule has 0 bridgehead atoms. The summed E-state index contributed by atoms with van der Waals surface area (Å²) in [5.74, 6) is -1.12. The van der Waals surface area contributed by atoms with Crippen LogP contribution in [0.2, 0.25) is 0 Å². The molecule has 0 saturated carbocycles. The van der Waals surface area contributed by atoms with Gasteiger partial charge in [-0.15, -0.1) is 0 Å². The van der Waals surface area contributed by atoms with Gasteiger partial charge in [0.1, 0.15) is 17.8 Å². The number of benzene rings is 1. The van der Waals surface area contributed by atoms with Gasteiger partial charge in [0, 0.05) is 5.56 Å². The van der Waals surface area contributed by atoms with Gasteiger partial charge in [0.25, 0.3) is 5.91 Å². The standard InChI is InChI=1S/C17H21F2N3O4/c1-4-11(10-7-5-6-8-12(10)26-15(18)19)20-13(23)9-22-14(24)17(2,3)21-16(22)25/h5-8,11,15H,4,9H2,1-3H3,(H,20,23)(H,21,25)/t11-/m1/s1. The first kappa shape index (κ1) is 19.6. The number of urea groups is 1. The molecule has 2 N–H and O–H groups in total. The number of nitrogens with zero attached hydrogens (tertiary/aromatic N) is 1. The minimum Gasteiger partial charge on any atom is -0.434 e. The maximum atomic E-state index is 12.6. The van der Waals surface area contributed by atoms with Gasteiger partial charge in [-0.05, 0) is 26.3 Å². The number of hydrogen-bond donors (Lipinski definition) is 2. The van der Waals surface area contributed by atoms with E-state index in [4.69, 9.17) is 0 Å². The minimum atomic E-state index is -2.99. The number of para-hydroxylation sites is 1. The summed E-state index contributed by atoms with van der Waals surface area (Å²) in [6, 6.07) is 4.89. The van der Waals surface area contributed by atoms with Gasteiger partial charge in [0.2, 0.25) is 5.91 Å². The van der Waals surface area contributed by atoms with E-state index in [1.165, 1.54) is 19.9 Å². The fourth-order valence-corrected chi connectivity index (χ4v) is 2.72. The van der Waals surface area contributed by atoms with Crippen molar-refractivity contribution in [2.45, 2.75) is 45.4 Å². The maximum Gasteiger partial charge on any atom is 0.387 e. The second-order valence-electron chi connectivity index (χ2n) is 6.39. The van der Waals surface area contributed by atoms with Crippen LogP contribution in [0, 0.1) is 0 Å². The van der Waals surface area contributed by atoms with Crippen LogP contribution in [0.15, 0.2) is 24.3 Å². The molecule has 4 amide bonds. The van der Waals surface area contributed by atoms with E-state index in [2.05, 4.69) is 15.4 Å². The van der Waals surface area contributed by atoms with Crippen molar-refractivity contribution in [1.82, 2.24) is 15.5 Å². The molecule has 1 aromatic rings. The minimum absolute atomic E-state index is 0.0363. The van der Waals surface area contributed by atoms with Gasteiger partial charge in [-0.25, -0.2) is 4.79 Å².